The van der Waals surface area contributed by atoms with Crippen molar-refractivity contribution in [2.24, 2.45) is 0 Å². The minimum Gasteiger partial charge on any atom is -0.348 e. The molecule has 0 aliphatic carbocycles. The fourth-order valence-corrected chi connectivity index (χ4v) is 2.68. The van der Waals surface area contributed by atoms with E-state index in [2.05, 4.69) is 17.3 Å². The molecule has 130 valence electrons. The van der Waals surface area contributed by atoms with Crippen LogP contribution in [0, 0.1) is 25.2 Å². The van der Waals surface area contributed by atoms with E-state index in [0.29, 0.717) is 11.3 Å². The zero-order valence-electron chi connectivity index (χ0n) is 14.7. The molecule has 0 aliphatic rings. The second-order valence-electron chi connectivity index (χ2n) is 5.98. The number of nitriles is 1. The maximum absolute atomic E-state index is 12.4. The molecule has 1 aromatic heterocycles. The molecule has 0 spiro atoms. The summed E-state index contributed by atoms with van der Waals surface area (Å²) in [5.74, 6) is -0.302. The standard InChI is InChI=1S/C19H22N4O2/c1-4-8-17(15-9-6-5-7-10-15)21-18(24)12-23-19(25)16(11-20)13(2)14(3)22-23/h5-7,9-10,17H,4,8,12H2,1-3H3,(H,21,24)/t17-/m1/s1. The third-order valence-electron chi connectivity index (χ3n) is 4.16. The van der Waals surface area contributed by atoms with Gasteiger partial charge in [0.25, 0.3) is 5.56 Å². The SMILES string of the molecule is CCC[C@@H](NC(=O)Cn1nc(C)c(C)c(C#N)c1=O)c1ccccc1. The minimum atomic E-state index is -0.535. The van der Waals surface area contributed by atoms with Crippen molar-refractivity contribution in [3.05, 3.63) is 63.1 Å². The molecule has 0 saturated carbocycles. The highest BCUT2D eigenvalue weighted by atomic mass is 16.2. The first-order valence-electron chi connectivity index (χ1n) is 8.30. The molecule has 6 nitrogen and oxygen atoms in total. The first-order chi connectivity index (χ1) is 12.0. The van der Waals surface area contributed by atoms with Crippen LogP contribution in [0.3, 0.4) is 0 Å². The Hall–Kier alpha value is -2.94. The number of benzene rings is 1. The van der Waals surface area contributed by atoms with Crippen molar-refractivity contribution in [3.63, 3.8) is 0 Å². The number of amides is 1. The van der Waals surface area contributed by atoms with E-state index in [0.717, 1.165) is 23.1 Å². The highest BCUT2D eigenvalue weighted by Gasteiger charge is 2.17. The highest BCUT2D eigenvalue weighted by molar-refractivity contribution is 5.76. The molecule has 1 N–H and O–H groups in total. The predicted octanol–water partition coefficient (Wildman–Crippen LogP) is 2.39. The van der Waals surface area contributed by atoms with Crippen LogP contribution in [0.1, 0.15) is 48.2 Å². The van der Waals surface area contributed by atoms with Gasteiger partial charge >= 0.3 is 0 Å². The summed E-state index contributed by atoms with van der Waals surface area (Å²) in [6.45, 7) is 5.24. The quantitative estimate of drug-likeness (QED) is 0.876. The number of nitrogens with zero attached hydrogens (tertiary/aromatic N) is 3. The topological polar surface area (TPSA) is 87.8 Å². The Bertz CT molecular complexity index is 850. The summed E-state index contributed by atoms with van der Waals surface area (Å²) in [5.41, 5.74) is 1.64. The third kappa shape index (κ3) is 4.32. The number of aromatic nitrogens is 2. The molecule has 0 radical (unpaired) electrons. The van der Waals surface area contributed by atoms with Gasteiger partial charge in [0.05, 0.1) is 11.7 Å². The monoisotopic (exact) mass is 338 g/mol. The van der Waals surface area contributed by atoms with E-state index in [4.69, 9.17) is 5.26 Å². The lowest BCUT2D eigenvalue weighted by Gasteiger charge is -2.19. The van der Waals surface area contributed by atoms with Crippen LogP contribution >= 0.6 is 0 Å². The van der Waals surface area contributed by atoms with Crippen LogP contribution in [0.15, 0.2) is 35.1 Å². The number of rotatable bonds is 6. The Morgan fingerprint density at radius 2 is 2.00 bits per heavy atom. The number of hydrogen-bond acceptors (Lipinski definition) is 4. The van der Waals surface area contributed by atoms with Crippen molar-refractivity contribution < 1.29 is 4.79 Å². The summed E-state index contributed by atoms with van der Waals surface area (Å²) >= 11 is 0. The number of carbonyl (C=O) groups is 1. The first-order valence-corrected chi connectivity index (χ1v) is 8.30. The van der Waals surface area contributed by atoms with Crippen molar-refractivity contribution in [2.45, 2.75) is 46.2 Å². The van der Waals surface area contributed by atoms with Crippen LogP contribution in [-0.4, -0.2) is 15.7 Å². The molecule has 0 saturated heterocycles. The van der Waals surface area contributed by atoms with Crippen molar-refractivity contribution >= 4 is 5.91 Å². The molecule has 0 aliphatic heterocycles. The Balaban J connectivity index is 2.21. The summed E-state index contributed by atoms with van der Waals surface area (Å²) < 4.78 is 1.06. The number of nitrogens with one attached hydrogen (secondary N) is 1. The van der Waals surface area contributed by atoms with E-state index in [9.17, 15) is 9.59 Å². The minimum absolute atomic E-state index is 0.0356. The van der Waals surface area contributed by atoms with E-state index in [1.54, 1.807) is 13.8 Å². The number of carbonyl (C=O) groups excluding carboxylic acids is 1. The third-order valence-corrected chi connectivity index (χ3v) is 4.16. The molecule has 0 bridgehead atoms. The number of hydrogen-bond donors (Lipinski definition) is 1. The molecule has 1 amide bonds. The molecule has 0 unspecified atom stereocenters. The van der Waals surface area contributed by atoms with E-state index >= 15 is 0 Å². The average Bonchev–Trinajstić information content (AvgIpc) is 2.60. The molecule has 0 fully saturated rings. The fourth-order valence-electron chi connectivity index (χ4n) is 2.68. The van der Waals surface area contributed by atoms with Crippen LogP contribution in [-0.2, 0) is 11.3 Å². The molecular weight excluding hydrogens is 316 g/mol. The van der Waals surface area contributed by atoms with E-state index in [1.165, 1.54) is 0 Å². The van der Waals surface area contributed by atoms with Crippen LogP contribution in [0.25, 0.3) is 0 Å². The normalized spacial score (nSPS) is 11.6. The molecule has 25 heavy (non-hydrogen) atoms. The highest BCUT2D eigenvalue weighted by Crippen LogP contribution is 2.18. The van der Waals surface area contributed by atoms with Crippen molar-refractivity contribution in [2.75, 3.05) is 0 Å². The van der Waals surface area contributed by atoms with Crippen molar-refractivity contribution in [1.82, 2.24) is 15.1 Å². The smallest absolute Gasteiger partial charge is 0.285 e. The fraction of sp³-hybridized carbons (Fsp3) is 0.368. The zero-order chi connectivity index (χ0) is 18.4. The lowest BCUT2D eigenvalue weighted by Crippen LogP contribution is -2.37. The molecule has 1 atom stereocenters. The Morgan fingerprint density at radius 1 is 1.32 bits per heavy atom. The summed E-state index contributed by atoms with van der Waals surface area (Å²) in [7, 11) is 0. The Morgan fingerprint density at radius 3 is 2.60 bits per heavy atom. The summed E-state index contributed by atoms with van der Waals surface area (Å²) in [5, 5.41) is 16.3. The summed E-state index contributed by atoms with van der Waals surface area (Å²) in [6.07, 6.45) is 1.72. The Kier molecular flexibility index (Phi) is 6.07. The predicted molar refractivity (Wildman–Crippen MR) is 94.9 cm³/mol. The lowest BCUT2D eigenvalue weighted by molar-refractivity contribution is -0.122. The molecule has 2 rings (SSSR count). The van der Waals surface area contributed by atoms with Crippen molar-refractivity contribution in [3.8, 4) is 6.07 Å². The van der Waals surface area contributed by atoms with Gasteiger partial charge in [-0.05, 0) is 31.4 Å². The van der Waals surface area contributed by atoms with Gasteiger partial charge in [-0.25, -0.2) is 4.68 Å². The van der Waals surface area contributed by atoms with Crippen LogP contribution in [0.4, 0.5) is 0 Å². The second-order valence-corrected chi connectivity index (χ2v) is 5.98. The van der Waals surface area contributed by atoms with Gasteiger partial charge in [-0.2, -0.15) is 10.4 Å². The van der Waals surface area contributed by atoms with Crippen LogP contribution in [0.5, 0.6) is 0 Å². The van der Waals surface area contributed by atoms with E-state index < -0.39 is 5.56 Å². The van der Waals surface area contributed by atoms with Gasteiger partial charge in [-0.15, -0.1) is 0 Å². The summed E-state index contributed by atoms with van der Waals surface area (Å²) in [6, 6.07) is 11.5. The molecule has 6 heteroatoms. The van der Waals surface area contributed by atoms with Crippen LogP contribution in [0.2, 0.25) is 0 Å². The Labute approximate surface area is 147 Å². The summed E-state index contributed by atoms with van der Waals surface area (Å²) in [4.78, 5) is 24.7. The molecule has 1 aromatic carbocycles. The first kappa shape index (κ1) is 18.4. The van der Waals surface area contributed by atoms with Gasteiger partial charge in [-0.1, -0.05) is 43.7 Å². The molecule has 2 aromatic rings. The molecule has 1 heterocycles. The van der Waals surface area contributed by atoms with Gasteiger partial charge in [0.2, 0.25) is 5.91 Å². The zero-order valence-corrected chi connectivity index (χ0v) is 14.7. The maximum Gasteiger partial charge on any atom is 0.285 e. The lowest BCUT2D eigenvalue weighted by atomic mass is 10.0. The molecular formula is C19H22N4O2. The van der Waals surface area contributed by atoms with E-state index in [-0.39, 0.29) is 24.1 Å². The van der Waals surface area contributed by atoms with Gasteiger partial charge in [0.15, 0.2) is 0 Å². The van der Waals surface area contributed by atoms with Gasteiger partial charge in [-0.3, -0.25) is 9.59 Å². The number of aryl methyl sites for hydroxylation is 1. The van der Waals surface area contributed by atoms with Gasteiger partial charge in [0, 0.05) is 0 Å². The van der Waals surface area contributed by atoms with Crippen molar-refractivity contribution in [1.29, 1.82) is 5.26 Å². The maximum atomic E-state index is 12.4. The largest absolute Gasteiger partial charge is 0.348 e. The van der Waals surface area contributed by atoms with Gasteiger partial charge < -0.3 is 5.32 Å². The van der Waals surface area contributed by atoms with Gasteiger partial charge in [0.1, 0.15) is 18.2 Å². The average molecular weight is 338 g/mol. The second kappa shape index (κ2) is 8.25. The van der Waals surface area contributed by atoms with Crippen LogP contribution < -0.4 is 10.9 Å². The van der Waals surface area contributed by atoms with E-state index in [1.807, 2.05) is 36.4 Å².